The second kappa shape index (κ2) is 10.6. The van der Waals surface area contributed by atoms with E-state index in [2.05, 4.69) is 0 Å². The smallest absolute Gasteiger partial charge is 0.314 e. The molecule has 2 aromatic rings. The Labute approximate surface area is 206 Å². The zero-order valence-corrected chi connectivity index (χ0v) is 21.7. The topological polar surface area (TPSA) is 104 Å². The quantitative estimate of drug-likeness (QED) is 0.419. The number of aliphatic hydroxyl groups is 1. The Morgan fingerprint density at radius 1 is 0.971 bits per heavy atom. The van der Waals surface area contributed by atoms with Crippen molar-refractivity contribution in [3.8, 4) is 45.6 Å². The van der Waals surface area contributed by atoms with Crippen molar-refractivity contribution in [2.45, 2.75) is 46.6 Å². The van der Waals surface area contributed by atoms with Crippen molar-refractivity contribution in [3.63, 3.8) is 0 Å². The molecule has 2 aromatic carbocycles. The van der Waals surface area contributed by atoms with Gasteiger partial charge in [0, 0.05) is 11.1 Å². The number of carbonyl (C=O) groups excluding carboxylic acids is 1. The van der Waals surface area contributed by atoms with Crippen LogP contribution in [-0.2, 0) is 11.2 Å². The first kappa shape index (κ1) is 26.5. The molecule has 3 rings (SSSR count). The molecule has 0 radical (unpaired) electrons. The van der Waals surface area contributed by atoms with Gasteiger partial charge >= 0.3 is 5.97 Å². The molecule has 4 atom stereocenters. The molecule has 0 saturated heterocycles. The van der Waals surface area contributed by atoms with Crippen molar-refractivity contribution in [1.82, 2.24) is 0 Å². The summed E-state index contributed by atoms with van der Waals surface area (Å²) >= 11 is 0. The molecule has 8 nitrogen and oxygen atoms in total. The molecule has 192 valence electrons. The number of methoxy groups -OCH3 is 4. The lowest BCUT2D eigenvalue weighted by Crippen LogP contribution is -2.24. The van der Waals surface area contributed by atoms with Crippen LogP contribution in [0.2, 0.25) is 0 Å². The van der Waals surface area contributed by atoms with Crippen molar-refractivity contribution >= 4 is 5.97 Å². The van der Waals surface area contributed by atoms with Gasteiger partial charge in [-0.15, -0.1) is 0 Å². The summed E-state index contributed by atoms with van der Waals surface area (Å²) in [5.74, 6) is 0.131. The number of benzene rings is 2. The van der Waals surface area contributed by atoms with E-state index in [1.165, 1.54) is 34.5 Å². The van der Waals surface area contributed by atoms with E-state index >= 15 is 0 Å². The van der Waals surface area contributed by atoms with E-state index < -0.39 is 12.1 Å². The molecule has 0 saturated carbocycles. The highest BCUT2D eigenvalue weighted by atomic mass is 16.6. The second-order valence-electron chi connectivity index (χ2n) is 9.12. The lowest BCUT2D eigenvalue weighted by atomic mass is 9.76. The number of aliphatic hydroxyl groups excluding tert-OH is 1. The number of hydrogen-bond acceptors (Lipinski definition) is 8. The number of rotatable bonds is 7. The fraction of sp³-hybridized carbons (Fsp3) is 0.519. The number of ether oxygens (including phenoxy) is 5. The highest BCUT2D eigenvalue weighted by Crippen LogP contribution is 2.57. The molecule has 0 aromatic heterocycles. The predicted octanol–water partition coefficient (Wildman–Crippen LogP) is 4.91. The number of phenols is 1. The van der Waals surface area contributed by atoms with Crippen LogP contribution in [0.25, 0.3) is 11.1 Å². The van der Waals surface area contributed by atoms with Crippen LogP contribution >= 0.6 is 0 Å². The Kier molecular flexibility index (Phi) is 8.05. The first-order chi connectivity index (χ1) is 16.6. The van der Waals surface area contributed by atoms with E-state index in [1.54, 1.807) is 6.92 Å². The van der Waals surface area contributed by atoms with Crippen molar-refractivity contribution in [2.24, 2.45) is 17.8 Å². The first-order valence-corrected chi connectivity index (χ1v) is 11.8. The molecule has 0 fully saturated rings. The normalized spacial score (nSPS) is 20.0. The largest absolute Gasteiger partial charge is 0.504 e. The van der Waals surface area contributed by atoms with E-state index in [0.717, 1.165) is 5.56 Å². The number of carbonyl (C=O) groups is 1. The number of esters is 1. The van der Waals surface area contributed by atoms with Crippen molar-refractivity contribution < 1.29 is 38.7 Å². The minimum Gasteiger partial charge on any atom is -0.504 e. The Hall–Kier alpha value is -3.13. The summed E-state index contributed by atoms with van der Waals surface area (Å²) in [6, 6.07) is 3.34. The fourth-order valence-electron chi connectivity index (χ4n) is 4.57. The summed E-state index contributed by atoms with van der Waals surface area (Å²) in [5.41, 5.74) is 2.26. The molecule has 0 heterocycles. The third-order valence-corrected chi connectivity index (χ3v) is 7.09. The molecule has 0 amide bonds. The zero-order chi connectivity index (χ0) is 26.0. The van der Waals surface area contributed by atoms with Gasteiger partial charge in [0.2, 0.25) is 11.5 Å². The summed E-state index contributed by atoms with van der Waals surface area (Å²) in [4.78, 5) is 13.0. The van der Waals surface area contributed by atoms with E-state index in [4.69, 9.17) is 23.7 Å². The summed E-state index contributed by atoms with van der Waals surface area (Å²) in [5, 5.41) is 22.1. The van der Waals surface area contributed by atoms with Gasteiger partial charge in [0.1, 0.15) is 0 Å². The van der Waals surface area contributed by atoms with Crippen molar-refractivity contribution in [1.29, 1.82) is 0 Å². The average Bonchev–Trinajstić information content (AvgIpc) is 2.85. The average molecular weight is 489 g/mol. The number of fused-ring (bicyclic) bond motifs is 3. The Morgan fingerprint density at radius 2 is 1.60 bits per heavy atom. The maximum atomic E-state index is 13.0. The van der Waals surface area contributed by atoms with E-state index in [-0.39, 0.29) is 46.5 Å². The van der Waals surface area contributed by atoms with Gasteiger partial charge in [0.15, 0.2) is 23.0 Å². The summed E-state index contributed by atoms with van der Waals surface area (Å²) < 4.78 is 28.5. The summed E-state index contributed by atoms with van der Waals surface area (Å²) in [7, 11) is 5.88. The van der Waals surface area contributed by atoms with E-state index in [0.29, 0.717) is 35.3 Å². The molecular weight excluding hydrogens is 452 g/mol. The van der Waals surface area contributed by atoms with Gasteiger partial charge in [-0.2, -0.15) is 0 Å². The minimum atomic E-state index is -0.926. The predicted molar refractivity (Wildman–Crippen MR) is 132 cm³/mol. The number of aromatic hydroxyl groups is 1. The summed E-state index contributed by atoms with van der Waals surface area (Å²) in [6.07, 6.45) is 0.237. The molecular formula is C27H36O8. The third kappa shape index (κ3) is 4.59. The number of phenolic OH excluding ortho intramolecular Hbond substituents is 1. The third-order valence-electron chi connectivity index (χ3n) is 7.09. The van der Waals surface area contributed by atoms with Crippen LogP contribution in [-0.4, -0.2) is 44.6 Å². The van der Waals surface area contributed by atoms with Crippen molar-refractivity contribution in [3.05, 3.63) is 23.3 Å². The van der Waals surface area contributed by atoms with Gasteiger partial charge in [-0.05, 0) is 47.9 Å². The molecule has 0 spiro atoms. The van der Waals surface area contributed by atoms with Crippen LogP contribution in [0.1, 0.15) is 51.3 Å². The van der Waals surface area contributed by atoms with Gasteiger partial charge in [-0.3, -0.25) is 4.79 Å². The first-order valence-electron chi connectivity index (χ1n) is 11.8. The number of hydrogen-bond donors (Lipinski definition) is 2. The highest BCUT2D eigenvalue weighted by molar-refractivity contribution is 5.90. The zero-order valence-electron chi connectivity index (χ0n) is 21.7. The molecule has 0 aliphatic heterocycles. The van der Waals surface area contributed by atoms with Gasteiger partial charge in [-0.1, -0.05) is 27.7 Å². The highest BCUT2D eigenvalue weighted by Gasteiger charge is 2.37. The van der Waals surface area contributed by atoms with Crippen LogP contribution in [0.5, 0.6) is 34.5 Å². The van der Waals surface area contributed by atoms with E-state index in [1.807, 2.05) is 26.8 Å². The van der Waals surface area contributed by atoms with Crippen LogP contribution in [0.4, 0.5) is 0 Å². The van der Waals surface area contributed by atoms with Crippen LogP contribution in [0.3, 0.4) is 0 Å². The lowest BCUT2D eigenvalue weighted by Gasteiger charge is -2.33. The summed E-state index contributed by atoms with van der Waals surface area (Å²) in [6.45, 7) is 7.71. The molecule has 0 bridgehead atoms. The van der Waals surface area contributed by atoms with Crippen LogP contribution in [0.15, 0.2) is 12.1 Å². The lowest BCUT2D eigenvalue weighted by molar-refractivity contribution is -0.138. The molecule has 8 heteroatoms. The maximum absolute atomic E-state index is 13.0. The molecule has 1 aliphatic rings. The van der Waals surface area contributed by atoms with Gasteiger partial charge in [0.25, 0.3) is 0 Å². The Balaban J connectivity index is 2.53. The fourth-order valence-corrected chi connectivity index (χ4v) is 4.57. The molecule has 35 heavy (non-hydrogen) atoms. The van der Waals surface area contributed by atoms with Gasteiger partial charge in [0.05, 0.1) is 40.5 Å². The molecule has 1 unspecified atom stereocenters. The van der Waals surface area contributed by atoms with E-state index in [9.17, 15) is 15.0 Å². The molecule has 1 aliphatic carbocycles. The Bertz CT molecular complexity index is 1090. The standard InChI is InChI=1S/C27H36O8/c1-9-13(2)27(30)35-26-20-16(11-19(31-5)24(26)33-7)10-14(3)15(4)22(29)17-12-18(28)23(32-6)25(34-8)21(17)20/h11-15,22,28-29H,9-10H2,1-8H3/t13?,14-,15-,22-/m1/s1. The van der Waals surface area contributed by atoms with Crippen LogP contribution in [0, 0.1) is 17.8 Å². The van der Waals surface area contributed by atoms with Crippen molar-refractivity contribution in [2.75, 3.05) is 28.4 Å². The maximum Gasteiger partial charge on any atom is 0.314 e. The monoisotopic (exact) mass is 488 g/mol. The van der Waals surface area contributed by atoms with Gasteiger partial charge in [-0.25, -0.2) is 0 Å². The van der Waals surface area contributed by atoms with Gasteiger partial charge < -0.3 is 33.9 Å². The SMILES string of the molecule is CCC(C)C(=O)Oc1c(OC)c(OC)cc2c1-c1c(cc(O)c(OC)c1OC)[C@H](O)[C@H](C)[C@H](C)C2. The molecule has 2 N–H and O–H groups in total. The van der Waals surface area contributed by atoms with Crippen LogP contribution < -0.4 is 23.7 Å². The Morgan fingerprint density at radius 3 is 2.14 bits per heavy atom. The minimum absolute atomic E-state index is 0.0448. The second-order valence-corrected chi connectivity index (χ2v) is 9.12.